The summed E-state index contributed by atoms with van der Waals surface area (Å²) in [4.78, 5) is 0. The van der Waals surface area contributed by atoms with Gasteiger partial charge < -0.3 is 4.55 Å². The average molecular weight is 417 g/mol. The Morgan fingerprint density at radius 2 is 1.07 bits per heavy atom. The Bertz CT molecular complexity index is 858. The fraction of sp³-hybridized carbons (Fsp3) is 0.182. The molecular formula is C22H24O4S2. The minimum atomic E-state index is -4.57. The van der Waals surface area contributed by atoms with Crippen LogP contribution in [-0.4, -0.2) is 19.2 Å². The van der Waals surface area contributed by atoms with Crippen LogP contribution in [-0.2, 0) is 43.6 Å². The summed E-state index contributed by atoms with van der Waals surface area (Å²) in [6.45, 7) is -0.202. The first-order valence-electron chi connectivity index (χ1n) is 8.73. The molecule has 0 saturated carbocycles. The van der Waals surface area contributed by atoms with E-state index >= 15 is 0 Å². The van der Waals surface area contributed by atoms with Crippen LogP contribution in [0.4, 0.5) is 0 Å². The lowest BCUT2D eigenvalue weighted by Crippen LogP contribution is -2.06. The van der Waals surface area contributed by atoms with Gasteiger partial charge in [-0.3, -0.25) is 4.18 Å². The molecule has 0 N–H and O–H groups in total. The highest BCUT2D eigenvalue weighted by molar-refractivity contribution is 7.94. The lowest BCUT2D eigenvalue weighted by molar-refractivity contribution is 0.253. The molecule has 0 radical (unpaired) electrons. The standard InChI is InChI=1S/C15H17S.C7H8O4S/c1-16(12-14-8-4-2-5-9-14)13-15-10-6-3-7-11-15;8-12(9,10)11-6-7-4-2-1-3-5-7/h2-11H,12-13H2,1H3;1-5H,6H2,(H,8,9,10)/q+1;/p-1. The molecule has 0 bridgehead atoms. The minimum Gasteiger partial charge on any atom is -0.726 e. The van der Waals surface area contributed by atoms with Gasteiger partial charge >= 0.3 is 0 Å². The molecule has 148 valence electrons. The van der Waals surface area contributed by atoms with Crippen LogP contribution in [0.2, 0.25) is 0 Å². The van der Waals surface area contributed by atoms with E-state index in [9.17, 15) is 13.0 Å². The van der Waals surface area contributed by atoms with Crippen LogP contribution in [0.3, 0.4) is 0 Å². The molecule has 3 aromatic carbocycles. The third-order valence-corrected chi connectivity index (χ3v) is 5.78. The first-order chi connectivity index (χ1) is 13.4. The maximum absolute atomic E-state index is 10.0. The highest BCUT2D eigenvalue weighted by Crippen LogP contribution is 2.12. The van der Waals surface area contributed by atoms with E-state index in [2.05, 4.69) is 71.1 Å². The van der Waals surface area contributed by atoms with Crippen molar-refractivity contribution in [2.45, 2.75) is 18.1 Å². The molecule has 0 saturated heterocycles. The van der Waals surface area contributed by atoms with Gasteiger partial charge in [-0.25, -0.2) is 8.42 Å². The Morgan fingerprint density at radius 1 is 0.714 bits per heavy atom. The summed E-state index contributed by atoms with van der Waals surface area (Å²) in [5.41, 5.74) is 3.55. The van der Waals surface area contributed by atoms with E-state index in [0.717, 1.165) is 0 Å². The zero-order valence-corrected chi connectivity index (χ0v) is 17.4. The number of hydrogen-bond donors (Lipinski definition) is 0. The van der Waals surface area contributed by atoms with E-state index in [-0.39, 0.29) is 6.61 Å². The van der Waals surface area contributed by atoms with Crippen molar-refractivity contribution in [3.8, 4) is 0 Å². The first kappa shape index (κ1) is 22.2. The molecular weight excluding hydrogens is 392 g/mol. The average Bonchev–Trinajstić information content (AvgIpc) is 2.69. The Labute approximate surface area is 170 Å². The monoisotopic (exact) mass is 416 g/mol. The predicted molar refractivity (Wildman–Crippen MR) is 115 cm³/mol. The van der Waals surface area contributed by atoms with Crippen molar-refractivity contribution in [3.63, 3.8) is 0 Å². The van der Waals surface area contributed by atoms with Gasteiger partial charge in [0.1, 0.15) is 11.5 Å². The number of benzene rings is 3. The SMILES string of the molecule is C[S+](Cc1ccccc1)Cc1ccccc1.O=S(=O)([O-])OCc1ccccc1. The van der Waals surface area contributed by atoms with Crippen LogP contribution in [0, 0.1) is 0 Å². The summed E-state index contributed by atoms with van der Waals surface area (Å²) < 4.78 is 34.1. The van der Waals surface area contributed by atoms with Crippen molar-refractivity contribution in [1.29, 1.82) is 0 Å². The van der Waals surface area contributed by atoms with E-state index in [4.69, 9.17) is 0 Å². The van der Waals surface area contributed by atoms with Crippen LogP contribution >= 0.6 is 0 Å². The Balaban J connectivity index is 0.000000209. The summed E-state index contributed by atoms with van der Waals surface area (Å²) in [6.07, 6.45) is 2.35. The lowest BCUT2D eigenvalue weighted by Gasteiger charge is -2.06. The highest BCUT2D eigenvalue weighted by atomic mass is 32.3. The largest absolute Gasteiger partial charge is 0.726 e. The summed E-state index contributed by atoms with van der Waals surface area (Å²) >= 11 is 0. The molecule has 0 heterocycles. The molecule has 0 spiro atoms. The topological polar surface area (TPSA) is 66.4 Å². The van der Waals surface area contributed by atoms with Crippen molar-refractivity contribution >= 4 is 21.3 Å². The Morgan fingerprint density at radius 3 is 1.43 bits per heavy atom. The smallest absolute Gasteiger partial charge is 0.217 e. The van der Waals surface area contributed by atoms with E-state index in [0.29, 0.717) is 16.5 Å². The zero-order valence-electron chi connectivity index (χ0n) is 15.7. The maximum Gasteiger partial charge on any atom is 0.217 e. The number of rotatable bonds is 7. The van der Waals surface area contributed by atoms with Gasteiger partial charge in [0.15, 0.2) is 0 Å². The van der Waals surface area contributed by atoms with Crippen molar-refractivity contribution < 1.29 is 17.2 Å². The second kappa shape index (κ2) is 11.7. The van der Waals surface area contributed by atoms with Crippen molar-refractivity contribution in [1.82, 2.24) is 0 Å². The second-order valence-electron chi connectivity index (χ2n) is 6.20. The molecule has 3 rings (SSSR count). The van der Waals surface area contributed by atoms with Crippen LogP contribution in [0.5, 0.6) is 0 Å². The molecule has 0 unspecified atom stereocenters. The zero-order chi connectivity index (χ0) is 20.2. The molecule has 0 aliphatic heterocycles. The lowest BCUT2D eigenvalue weighted by atomic mass is 10.2. The molecule has 28 heavy (non-hydrogen) atoms. The van der Waals surface area contributed by atoms with Gasteiger partial charge in [-0.05, 0) is 16.5 Å². The van der Waals surface area contributed by atoms with Gasteiger partial charge in [-0.2, -0.15) is 0 Å². The number of hydrogen-bond acceptors (Lipinski definition) is 4. The summed E-state index contributed by atoms with van der Waals surface area (Å²) in [5, 5.41) is 0. The molecule has 0 aliphatic carbocycles. The minimum absolute atomic E-state index is 0.202. The molecule has 0 aliphatic rings. The van der Waals surface area contributed by atoms with E-state index in [1.54, 1.807) is 30.3 Å². The fourth-order valence-electron chi connectivity index (χ4n) is 2.48. The molecule has 0 atom stereocenters. The van der Waals surface area contributed by atoms with Crippen LogP contribution in [0.1, 0.15) is 16.7 Å². The highest BCUT2D eigenvalue weighted by Gasteiger charge is 2.12. The molecule has 3 aromatic rings. The Kier molecular flexibility index (Phi) is 9.23. The third kappa shape index (κ3) is 9.71. The van der Waals surface area contributed by atoms with Gasteiger partial charge in [-0.1, -0.05) is 91.0 Å². The van der Waals surface area contributed by atoms with Crippen LogP contribution in [0.25, 0.3) is 0 Å². The van der Waals surface area contributed by atoms with E-state index < -0.39 is 10.4 Å². The summed E-state index contributed by atoms with van der Waals surface area (Å²) in [7, 11) is -4.14. The molecule has 6 heteroatoms. The van der Waals surface area contributed by atoms with Crippen molar-refractivity contribution in [2.75, 3.05) is 6.26 Å². The second-order valence-corrected chi connectivity index (χ2v) is 9.39. The Hall–Kier alpha value is -2.12. The van der Waals surface area contributed by atoms with Crippen LogP contribution in [0.15, 0.2) is 91.0 Å². The first-order valence-corrected chi connectivity index (χ1v) is 12.0. The quantitative estimate of drug-likeness (QED) is 0.327. The van der Waals surface area contributed by atoms with E-state index in [1.165, 1.54) is 22.6 Å². The molecule has 4 nitrogen and oxygen atoms in total. The fourth-order valence-corrected chi connectivity index (χ4v) is 4.39. The molecule has 0 fully saturated rings. The molecule has 0 amide bonds. The van der Waals surface area contributed by atoms with Gasteiger partial charge in [0.25, 0.3) is 0 Å². The van der Waals surface area contributed by atoms with Gasteiger partial charge in [0, 0.05) is 11.1 Å². The third-order valence-electron chi connectivity index (χ3n) is 3.72. The maximum atomic E-state index is 10.0. The van der Waals surface area contributed by atoms with Crippen molar-refractivity contribution in [3.05, 3.63) is 108 Å². The van der Waals surface area contributed by atoms with Gasteiger partial charge in [0.2, 0.25) is 10.4 Å². The summed E-state index contributed by atoms with van der Waals surface area (Å²) in [5.74, 6) is 2.38. The van der Waals surface area contributed by atoms with Gasteiger partial charge in [0.05, 0.1) is 12.9 Å². The van der Waals surface area contributed by atoms with Crippen molar-refractivity contribution in [2.24, 2.45) is 0 Å². The molecule has 0 aromatic heterocycles. The van der Waals surface area contributed by atoms with E-state index in [1.807, 2.05) is 0 Å². The predicted octanol–water partition coefficient (Wildman–Crippen LogP) is 4.30. The normalized spacial score (nSPS) is 11.0. The van der Waals surface area contributed by atoms with Gasteiger partial charge in [-0.15, -0.1) is 0 Å². The van der Waals surface area contributed by atoms with Crippen LogP contribution < -0.4 is 0 Å². The summed E-state index contributed by atoms with van der Waals surface area (Å²) in [6, 6.07) is 30.1.